The predicted molar refractivity (Wildman–Crippen MR) is 150 cm³/mol. The highest BCUT2D eigenvalue weighted by molar-refractivity contribution is 5.67. The van der Waals surface area contributed by atoms with E-state index >= 15 is 0 Å². The van der Waals surface area contributed by atoms with Gasteiger partial charge in [0, 0.05) is 18.9 Å². The van der Waals surface area contributed by atoms with Crippen molar-refractivity contribution in [3.63, 3.8) is 0 Å². The molecule has 2 saturated heterocycles. The topological polar surface area (TPSA) is 83.5 Å². The Kier molecular flexibility index (Phi) is 11.9. The predicted octanol–water partition coefficient (Wildman–Crippen LogP) is 6.78. The summed E-state index contributed by atoms with van der Waals surface area (Å²) in [7, 11) is 0. The monoisotopic (exact) mass is 546 g/mol. The van der Waals surface area contributed by atoms with Gasteiger partial charge in [-0.3, -0.25) is 0 Å². The van der Waals surface area contributed by atoms with Crippen LogP contribution in [0.3, 0.4) is 0 Å². The molecular weight excluding hydrogens is 496 g/mol. The number of carbonyl (C=O) groups is 1. The molecular formula is C32H50O7. The van der Waals surface area contributed by atoms with E-state index < -0.39 is 5.97 Å². The van der Waals surface area contributed by atoms with Crippen molar-refractivity contribution in [2.24, 2.45) is 23.7 Å². The number of hydrogen-bond acceptors (Lipinski definition) is 6. The molecule has 3 fully saturated rings. The zero-order chi connectivity index (χ0) is 27.6. The minimum absolute atomic E-state index is 0.0482. The average molecular weight is 547 g/mol. The first-order chi connectivity index (χ1) is 18.9. The molecule has 0 radical (unpaired) electrons. The van der Waals surface area contributed by atoms with Crippen LogP contribution in [-0.2, 0) is 28.5 Å². The van der Waals surface area contributed by atoms with Crippen molar-refractivity contribution >= 4 is 5.97 Å². The van der Waals surface area contributed by atoms with Crippen LogP contribution in [0.4, 0.5) is 0 Å². The molecule has 4 aliphatic rings. The largest absolute Gasteiger partial charge is 0.480 e. The maximum Gasteiger partial charge on any atom is 0.329 e. The summed E-state index contributed by atoms with van der Waals surface area (Å²) in [5.74, 6) is 1.60. The SMILES string of the molecule is CC(C)=CCC(C)CC=C(OC1CCCCO1)[C@H]1[C@@H]2CC(CCOCC(=O)O)=C[C@@H]2C[C@@H]1OC1CCCCO1. The summed E-state index contributed by atoms with van der Waals surface area (Å²) in [5, 5.41) is 8.88. The lowest BCUT2D eigenvalue weighted by atomic mass is 9.86. The van der Waals surface area contributed by atoms with Crippen LogP contribution in [0.1, 0.15) is 91.4 Å². The van der Waals surface area contributed by atoms with E-state index in [4.69, 9.17) is 28.8 Å². The fourth-order valence-corrected chi connectivity index (χ4v) is 6.44. The highest BCUT2D eigenvalue weighted by Gasteiger charge is 2.49. The van der Waals surface area contributed by atoms with Crippen LogP contribution < -0.4 is 0 Å². The van der Waals surface area contributed by atoms with Gasteiger partial charge in [-0.25, -0.2) is 4.79 Å². The molecule has 3 unspecified atom stereocenters. The molecule has 0 bridgehead atoms. The van der Waals surface area contributed by atoms with Gasteiger partial charge in [0.2, 0.25) is 0 Å². The van der Waals surface area contributed by atoms with Crippen molar-refractivity contribution in [2.75, 3.05) is 26.4 Å². The van der Waals surface area contributed by atoms with Gasteiger partial charge in [-0.2, -0.15) is 0 Å². The van der Waals surface area contributed by atoms with Crippen molar-refractivity contribution in [3.05, 3.63) is 35.1 Å². The molecule has 7 heteroatoms. The van der Waals surface area contributed by atoms with Crippen LogP contribution in [0.2, 0.25) is 0 Å². The third-order valence-electron chi connectivity index (χ3n) is 8.51. The number of ether oxygens (including phenoxy) is 5. The van der Waals surface area contributed by atoms with E-state index in [9.17, 15) is 4.79 Å². The lowest BCUT2D eigenvalue weighted by molar-refractivity contribution is -0.201. The van der Waals surface area contributed by atoms with Gasteiger partial charge in [-0.05, 0) is 102 Å². The lowest BCUT2D eigenvalue weighted by Gasteiger charge is -2.34. The molecule has 1 saturated carbocycles. The lowest BCUT2D eigenvalue weighted by Crippen LogP contribution is -2.34. The summed E-state index contributed by atoms with van der Waals surface area (Å²) in [6.07, 6.45) is 17.8. The van der Waals surface area contributed by atoms with Gasteiger partial charge in [-0.15, -0.1) is 0 Å². The van der Waals surface area contributed by atoms with Crippen molar-refractivity contribution < 1.29 is 33.6 Å². The minimum Gasteiger partial charge on any atom is -0.480 e. The number of allylic oxidation sites excluding steroid dienone is 4. The highest BCUT2D eigenvalue weighted by atomic mass is 16.7. The second kappa shape index (κ2) is 15.4. The number of fused-ring (bicyclic) bond motifs is 1. The Balaban J connectivity index is 1.51. The van der Waals surface area contributed by atoms with Gasteiger partial charge in [0.25, 0.3) is 0 Å². The molecule has 0 spiro atoms. The van der Waals surface area contributed by atoms with Crippen LogP contribution in [0.25, 0.3) is 0 Å². The summed E-state index contributed by atoms with van der Waals surface area (Å²) in [6, 6.07) is 0. The van der Waals surface area contributed by atoms with Gasteiger partial charge < -0.3 is 28.8 Å². The number of aliphatic carboxylic acids is 1. The van der Waals surface area contributed by atoms with Gasteiger partial charge in [-0.1, -0.05) is 30.2 Å². The summed E-state index contributed by atoms with van der Waals surface area (Å²) in [4.78, 5) is 10.8. The standard InChI is InChI=1S/C32H50O7/c1-22(2)10-11-23(3)12-13-27(38-30-8-4-6-15-36-30)32-26-19-24(14-17-35-21-29(33)34)18-25(26)20-28(32)39-31-9-5-7-16-37-31/h10,13,18,23,25-26,28,30-32H,4-9,11-12,14-17,19-21H2,1-3H3,(H,33,34)/t23?,25-,26-,28+,30?,31?,32-/m1/s1. The molecule has 0 aromatic carbocycles. The second-order valence-electron chi connectivity index (χ2n) is 12.2. The summed E-state index contributed by atoms with van der Waals surface area (Å²) in [5.41, 5.74) is 2.72. The first-order valence-electron chi connectivity index (χ1n) is 15.3. The second-order valence-corrected chi connectivity index (χ2v) is 12.2. The van der Waals surface area contributed by atoms with Crippen molar-refractivity contribution in [1.82, 2.24) is 0 Å². The van der Waals surface area contributed by atoms with Crippen LogP contribution in [0.5, 0.6) is 0 Å². The molecule has 2 aliphatic carbocycles. The van der Waals surface area contributed by atoms with E-state index in [1.165, 1.54) is 11.1 Å². The molecule has 0 aromatic rings. The van der Waals surface area contributed by atoms with E-state index in [1.54, 1.807) is 0 Å². The summed E-state index contributed by atoms with van der Waals surface area (Å²) in [6.45, 7) is 8.34. The van der Waals surface area contributed by atoms with E-state index in [2.05, 4.69) is 39.0 Å². The Morgan fingerprint density at radius 2 is 1.79 bits per heavy atom. The summed E-state index contributed by atoms with van der Waals surface area (Å²) >= 11 is 0. The molecule has 7 nitrogen and oxygen atoms in total. The fourth-order valence-electron chi connectivity index (χ4n) is 6.44. The zero-order valence-corrected chi connectivity index (χ0v) is 24.3. The quantitative estimate of drug-likeness (QED) is 0.146. The van der Waals surface area contributed by atoms with E-state index in [0.717, 1.165) is 89.6 Å². The van der Waals surface area contributed by atoms with E-state index in [-0.39, 0.29) is 31.2 Å². The third-order valence-corrected chi connectivity index (χ3v) is 8.51. The summed E-state index contributed by atoms with van der Waals surface area (Å²) < 4.78 is 30.8. The Bertz CT molecular complexity index is 862. The Labute approximate surface area is 234 Å². The van der Waals surface area contributed by atoms with Crippen molar-refractivity contribution in [2.45, 2.75) is 110 Å². The minimum atomic E-state index is -0.923. The van der Waals surface area contributed by atoms with Crippen molar-refractivity contribution in [1.29, 1.82) is 0 Å². The third kappa shape index (κ3) is 9.44. The number of hydrogen-bond donors (Lipinski definition) is 1. The molecule has 0 aromatic heterocycles. The number of carboxylic acids is 1. The normalized spacial score (nSPS) is 31.9. The van der Waals surface area contributed by atoms with Gasteiger partial charge in [0.1, 0.15) is 12.4 Å². The van der Waals surface area contributed by atoms with Gasteiger partial charge in [0.05, 0.1) is 19.3 Å². The molecule has 4 rings (SSSR count). The molecule has 2 aliphatic heterocycles. The highest BCUT2D eigenvalue weighted by Crippen LogP contribution is 2.52. The van der Waals surface area contributed by atoms with Gasteiger partial charge in [0.15, 0.2) is 12.6 Å². The smallest absolute Gasteiger partial charge is 0.329 e. The Hall–Kier alpha value is -1.67. The van der Waals surface area contributed by atoms with Crippen LogP contribution in [0.15, 0.2) is 35.1 Å². The van der Waals surface area contributed by atoms with Gasteiger partial charge >= 0.3 is 5.97 Å². The fraction of sp³-hybridized carbons (Fsp3) is 0.781. The molecule has 7 atom stereocenters. The number of carboxylic acid groups (broad SMARTS) is 1. The molecule has 0 amide bonds. The first-order valence-corrected chi connectivity index (χ1v) is 15.3. The van der Waals surface area contributed by atoms with E-state index in [1.807, 2.05) is 0 Å². The van der Waals surface area contributed by atoms with Crippen LogP contribution in [-0.4, -0.2) is 56.2 Å². The number of rotatable bonds is 14. The molecule has 39 heavy (non-hydrogen) atoms. The van der Waals surface area contributed by atoms with Crippen LogP contribution in [0, 0.1) is 23.7 Å². The average Bonchev–Trinajstić information content (AvgIpc) is 3.46. The van der Waals surface area contributed by atoms with Crippen molar-refractivity contribution in [3.8, 4) is 0 Å². The Morgan fingerprint density at radius 3 is 2.46 bits per heavy atom. The van der Waals surface area contributed by atoms with E-state index in [0.29, 0.717) is 24.4 Å². The molecule has 220 valence electrons. The van der Waals surface area contributed by atoms with Crippen LogP contribution >= 0.6 is 0 Å². The molecule has 1 N–H and O–H groups in total. The molecule has 2 heterocycles. The Morgan fingerprint density at radius 1 is 1.08 bits per heavy atom. The maximum atomic E-state index is 10.8. The zero-order valence-electron chi connectivity index (χ0n) is 24.3. The maximum absolute atomic E-state index is 10.8. The first kappa shape index (κ1) is 30.3.